The Bertz CT molecular complexity index is 906. The van der Waals surface area contributed by atoms with Crippen molar-refractivity contribution in [1.29, 1.82) is 0 Å². The molecule has 0 saturated heterocycles. The summed E-state index contributed by atoms with van der Waals surface area (Å²) in [5, 5.41) is 1.63. The molecule has 0 atom stereocenters. The Morgan fingerprint density at radius 1 is 1.32 bits per heavy atom. The van der Waals surface area contributed by atoms with E-state index in [1.165, 1.54) is 31.0 Å². The molecule has 5 nitrogen and oxygen atoms in total. The highest BCUT2D eigenvalue weighted by molar-refractivity contribution is 7.99. The third kappa shape index (κ3) is 4.90. The van der Waals surface area contributed by atoms with Crippen LogP contribution in [0.1, 0.15) is 46.0 Å². The lowest BCUT2D eigenvalue weighted by Crippen LogP contribution is -2.39. The van der Waals surface area contributed by atoms with Crippen LogP contribution in [-0.4, -0.2) is 39.2 Å². The number of carbonyl (C=O) groups excluding carboxylic acids is 1. The number of carbonyl (C=O) groups is 1. The summed E-state index contributed by atoms with van der Waals surface area (Å²) in [6, 6.07) is 5.50. The molecule has 0 radical (unpaired) electrons. The number of halogens is 1. The summed E-state index contributed by atoms with van der Waals surface area (Å²) in [6.07, 6.45) is 5.82. The van der Waals surface area contributed by atoms with Crippen LogP contribution in [0.25, 0.3) is 10.9 Å². The highest BCUT2D eigenvalue weighted by atomic mass is 35.5. The maximum atomic E-state index is 13.0. The highest BCUT2D eigenvalue weighted by Crippen LogP contribution is 2.24. The Hall–Kier alpha value is -1.53. The molecule has 0 aliphatic heterocycles. The second-order valence-corrected chi connectivity index (χ2v) is 9.33. The van der Waals surface area contributed by atoms with Crippen molar-refractivity contribution in [2.24, 2.45) is 5.92 Å². The van der Waals surface area contributed by atoms with E-state index in [2.05, 4.69) is 18.8 Å². The number of aromatic nitrogens is 2. The lowest BCUT2D eigenvalue weighted by atomic mass is 9.94. The fraction of sp³-hybridized carbons (Fsp3) is 0.571. The Balaban J connectivity index is 1.83. The standard InChI is InChI=1S/C21H28ClN3O2S/c1-14(2)12-25-20(27)17-11-15(22)9-10-18(17)23-21(25)28-13-19(26)24(3)16-7-5-4-6-8-16/h9-11,14,16H,4-8,12-13H2,1-3H3. The highest BCUT2D eigenvalue weighted by Gasteiger charge is 2.23. The first kappa shape index (κ1) is 21.2. The fourth-order valence-corrected chi connectivity index (χ4v) is 4.81. The van der Waals surface area contributed by atoms with Gasteiger partial charge < -0.3 is 4.90 Å². The minimum absolute atomic E-state index is 0.0958. The van der Waals surface area contributed by atoms with E-state index in [1.54, 1.807) is 22.8 Å². The van der Waals surface area contributed by atoms with E-state index in [-0.39, 0.29) is 23.1 Å². The van der Waals surface area contributed by atoms with Crippen LogP contribution in [0.2, 0.25) is 5.02 Å². The second-order valence-electron chi connectivity index (χ2n) is 7.95. The Morgan fingerprint density at radius 2 is 2.04 bits per heavy atom. The zero-order valence-electron chi connectivity index (χ0n) is 16.8. The Labute approximate surface area is 175 Å². The van der Waals surface area contributed by atoms with Gasteiger partial charge in [0.05, 0.1) is 16.7 Å². The van der Waals surface area contributed by atoms with Crippen LogP contribution in [0.15, 0.2) is 28.2 Å². The molecule has 7 heteroatoms. The largest absolute Gasteiger partial charge is 0.342 e. The van der Waals surface area contributed by atoms with E-state index >= 15 is 0 Å². The van der Waals surface area contributed by atoms with Crippen molar-refractivity contribution in [3.8, 4) is 0 Å². The van der Waals surface area contributed by atoms with Gasteiger partial charge in [0.2, 0.25) is 5.91 Å². The number of hydrogen-bond acceptors (Lipinski definition) is 4. The van der Waals surface area contributed by atoms with Gasteiger partial charge in [0, 0.05) is 24.7 Å². The summed E-state index contributed by atoms with van der Waals surface area (Å²) in [6.45, 7) is 4.68. The predicted octanol–water partition coefficient (Wildman–Crippen LogP) is 4.59. The van der Waals surface area contributed by atoms with Crippen molar-refractivity contribution in [3.63, 3.8) is 0 Å². The molecule has 0 unspecified atom stereocenters. The molecule has 0 spiro atoms. The SMILES string of the molecule is CC(C)Cn1c(SCC(=O)N(C)C2CCCCC2)nc2ccc(Cl)cc2c1=O. The van der Waals surface area contributed by atoms with Crippen LogP contribution in [0.3, 0.4) is 0 Å². The summed E-state index contributed by atoms with van der Waals surface area (Å²) in [4.78, 5) is 32.3. The number of amides is 1. The predicted molar refractivity (Wildman–Crippen MR) is 116 cm³/mol. The number of thioether (sulfide) groups is 1. The lowest BCUT2D eigenvalue weighted by molar-refractivity contribution is -0.129. The molecule has 3 rings (SSSR count). The van der Waals surface area contributed by atoms with E-state index in [0.717, 1.165) is 12.8 Å². The topological polar surface area (TPSA) is 55.2 Å². The molecule has 1 aliphatic carbocycles. The van der Waals surface area contributed by atoms with Crippen molar-refractivity contribution in [1.82, 2.24) is 14.5 Å². The van der Waals surface area contributed by atoms with Gasteiger partial charge in [-0.2, -0.15) is 0 Å². The van der Waals surface area contributed by atoms with Crippen molar-refractivity contribution in [2.45, 2.75) is 63.7 Å². The third-order valence-corrected chi connectivity index (χ3v) is 6.47. The number of benzene rings is 1. The molecular weight excluding hydrogens is 394 g/mol. The number of hydrogen-bond donors (Lipinski definition) is 0. The summed E-state index contributed by atoms with van der Waals surface area (Å²) < 4.78 is 1.68. The normalized spacial score (nSPS) is 15.3. The first-order chi connectivity index (χ1) is 13.4. The average Bonchev–Trinajstić information content (AvgIpc) is 2.69. The van der Waals surface area contributed by atoms with Gasteiger partial charge in [-0.15, -0.1) is 0 Å². The Morgan fingerprint density at radius 3 is 2.71 bits per heavy atom. The van der Waals surface area contributed by atoms with Crippen LogP contribution < -0.4 is 5.56 Å². The Kier molecular flexibility index (Phi) is 7.05. The van der Waals surface area contributed by atoms with Crippen molar-refractivity contribution < 1.29 is 4.79 Å². The van der Waals surface area contributed by atoms with Crippen LogP contribution >= 0.6 is 23.4 Å². The van der Waals surface area contributed by atoms with E-state index in [1.807, 2.05) is 11.9 Å². The van der Waals surface area contributed by atoms with Gasteiger partial charge in [-0.05, 0) is 37.0 Å². The van der Waals surface area contributed by atoms with Crippen molar-refractivity contribution >= 4 is 40.2 Å². The molecule has 0 bridgehead atoms. The average molecular weight is 422 g/mol. The minimum atomic E-state index is -0.100. The molecule has 1 heterocycles. The smallest absolute Gasteiger partial charge is 0.262 e. The summed E-state index contributed by atoms with van der Waals surface area (Å²) >= 11 is 7.42. The first-order valence-corrected chi connectivity index (χ1v) is 11.3. The van der Waals surface area contributed by atoms with Crippen LogP contribution in [0.5, 0.6) is 0 Å². The molecular formula is C21H28ClN3O2S. The van der Waals surface area contributed by atoms with Gasteiger partial charge in [0.15, 0.2) is 5.16 Å². The van der Waals surface area contributed by atoms with Gasteiger partial charge in [0.1, 0.15) is 0 Å². The van der Waals surface area contributed by atoms with Gasteiger partial charge in [0.25, 0.3) is 5.56 Å². The number of fused-ring (bicyclic) bond motifs is 1. The quantitative estimate of drug-likeness (QED) is 0.505. The van der Waals surface area contributed by atoms with Gasteiger partial charge >= 0.3 is 0 Å². The van der Waals surface area contributed by atoms with Gasteiger partial charge in [-0.25, -0.2) is 4.98 Å². The summed E-state index contributed by atoms with van der Waals surface area (Å²) in [5.74, 6) is 0.672. The first-order valence-electron chi connectivity index (χ1n) is 9.95. The molecule has 1 aliphatic rings. The monoisotopic (exact) mass is 421 g/mol. The molecule has 2 aromatic rings. The van der Waals surface area contributed by atoms with Crippen LogP contribution in [-0.2, 0) is 11.3 Å². The molecule has 1 amide bonds. The molecule has 28 heavy (non-hydrogen) atoms. The van der Waals surface area contributed by atoms with Crippen LogP contribution in [0.4, 0.5) is 0 Å². The maximum absolute atomic E-state index is 13.0. The molecule has 1 fully saturated rings. The van der Waals surface area contributed by atoms with E-state index < -0.39 is 0 Å². The number of rotatable bonds is 6. The van der Waals surface area contributed by atoms with Crippen LogP contribution in [0, 0.1) is 5.92 Å². The van der Waals surface area contributed by atoms with Gasteiger partial charge in [-0.1, -0.05) is 56.5 Å². The van der Waals surface area contributed by atoms with Gasteiger partial charge in [-0.3, -0.25) is 14.2 Å². The van der Waals surface area contributed by atoms with E-state index in [9.17, 15) is 9.59 Å². The zero-order chi connectivity index (χ0) is 20.3. The molecule has 0 N–H and O–H groups in total. The lowest BCUT2D eigenvalue weighted by Gasteiger charge is -2.31. The summed E-state index contributed by atoms with van der Waals surface area (Å²) in [7, 11) is 1.90. The molecule has 1 saturated carbocycles. The molecule has 1 aromatic carbocycles. The van der Waals surface area contributed by atoms with E-state index in [4.69, 9.17) is 11.6 Å². The van der Waals surface area contributed by atoms with Crippen molar-refractivity contribution in [3.05, 3.63) is 33.6 Å². The number of nitrogens with zero attached hydrogens (tertiary/aromatic N) is 3. The third-order valence-electron chi connectivity index (χ3n) is 5.27. The maximum Gasteiger partial charge on any atom is 0.262 e. The second kappa shape index (κ2) is 9.31. The van der Waals surface area contributed by atoms with E-state index in [0.29, 0.717) is 33.7 Å². The van der Waals surface area contributed by atoms with Crippen molar-refractivity contribution in [2.75, 3.05) is 12.8 Å². The molecule has 152 valence electrons. The molecule has 1 aromatic heterocycles. The summed E-state index contributed by atoms with van der Waals surface area (Å²) in [5.41, 5.74) is 0.516. The zero-order valence-corrected chi connectivity index (χ0v) is 18.4. The fourth-order valence-electron chi connectivity index (χ4n) is 3.71. The minimum Gasteiger partial charge on any atom is -0.342 e.